The highest BCUT2D eigenvalue weighted by molar-refractivity contribution is 7.17. The highest BCUT2D eigenvalue weighted by Crippen LogP contribution is 2.45. The van der Waals surface area contributed by atoms with E-state index < -0.39 is 0 Å². The van der Waals surface area contributed by atoms with Gasteiger partial charge in [0.15, 0.2) is 0 Å². The lowest BCUT2D eigenvalue weighted by Gasteiger charge is -2.17. The van der Waals surface area contributed by atoms with E-state index in [-0.39, 0.29) is 0 Å². The van der Waals surface area contributed by atoms with Crippen LogP contribution in [0.2, 0.25) is 0 Å². The zero-order valence-electron chi connectivity index (χ0n) is 32.0. The summed E-state index contributed by atoms with van der Waals surface area (Å²) in [4.78, 5) is 0. The highest BCUT2D eigenvalue weighted by Gasteiger charge is 2.17. The van der Waals surface area contributed by atoms with Crippen LogP contribution in [-0.2, 0) is 0 Å². The minimum Gasteiger partial charge on any atom is -0.143 e. The maximum Gasteiger partial charge on any atom is 0.0349 e. The molecule has 0 aliphatic carbocycles. The van der Waals surface area contributed by atoms with Gasteiger partial charge in [0.05, 0.1) is 0 Å². The maximum atomic E-state index is 2.36. The zero-order valence-corrected chi connectivity index (χ0v) is 32.9. The van der Waals surface area contributed by atoms with Crippen LogP contribution in [0.4, 0.5) is 0 Å². The highest BCUT2D eigenvalue weighted by atomic mass is 32.1. The van der Waals surface area contributed by atoms with Gasteiger partial charge in [0.25, 0.3) is 0 Å². The molecule has 12 aromatic carbocycles. The van der Waals surface area contributed by atoms with Crippen LogP contribution in [0.25, 0.3) is 130 Å². The number of fused-ring (bicyclic) bond motifs is 1. The van der Waals surface area contributed by atoms with Gasteiger partial charge in [0, 0.05) is 15.6 Å². The Morgan fingerprint density at radius 2 is 0.661 bits per heavy atom. The Kier molecular flexibility index (Phi) is 6.98. The van der Waals surface area contributed by atoms with E-state index in [1.54, 1.807) is 0 Å². The zero-order chi connectivity index (χ0) is 38.6. The molecule has 272 valence electrons. The van der Waals surface area contributed by atoms with Gasteiger partial charge in [0.1, 0.15) is 0 Å². The van der Waals surface area contributed by atoms with Gasteiger partial charge >= 0.3 is 0 Å². The molecule has 0 nitrogen and oxygen atoms in total. The van der Waals surface area contributed by atoms with Gasteiger partial charge in [-0.3, -0.25) is 0 Å². The van der Waals surface area contributed by atoms with Gasteiger partial charge in [-0.1, -0.05) is 182 Å². The van der Waals surface area contributed by atoms with Crippen LogP contribution >= 0.6 is 11.3 Å². The second-order valence-electron chi connectivity index (χ2n) is 16.0. The van der Waals surface area contributed by atoms with Crippen molar-refractivity contribution >= 4 is 86.1 Å². The summed E-state index contributed by atoms with van der Waals surface area (Å²) in [5, 5.41) is 19.4. The Morgan fingerprint density at radius 1 is 0.237 bits per heavy atom. The topological polar surface area (TPSA) is 0 Å². The third-order valence-electron chi connectivity index (χ3n) is 12.9. The van der Waals surface area contributed by atoms with Crippen LogP contribution in [0.5, 0.6) is 0 Å². The predicted molar refractivity (Wildman–Crippen MR) is 256 cm³/mol. The summed E-state index contributed by atoms with van der Waals surface area (Å²) in [6, 6.07) is 74.8. The van der Waals surface area contributed by atoms with Crippen molar-refractivity contribution in [3.05, 3.63) is 206 Å². The minimum atomic E-state index is 1.21. The Balaban J connectivity index is 0.863. The van der Waals surface area contributed by atoms with Gasteiger partial charge in [0.2, 0.25) is 0 Å². The second kappa shape index (κ2) is 12.6. The largest absolute Gasteiger partial charge is 0.143 e. The summed E-state index contributed by atoms with van der Waals surface area (Å²) >= 11 is 1.83. The van der Waals surface area contributed by atoms with Gasteiger partial charge in [-0.25, -0.2) is 0 Å². The minimum absolute atomic E-state index is 1.21. The van der Waals surface area contributed by atoms with Crippen LogP contribution in [0.3, 0.4) is 0 Å². The molecule has 0 bridgehead atoms. The standard InChI is InChI=1S/C58H34S/c1-2-13-54-49(12-1)53(34-59-54)48-28-22-41-24-30-51-47(27-21-40-25-31-52(48)58(41)57(40)51)45-11-5-9-43(33-45)36-16-14-35(15-17-36)42-8-4-10-44(32-42)46-26-20-39-19-18-37-6-3-7-38-23-29-50(46)56(39)55(37)38/h1-34H. The predicted octanol–water partition coefficient (Wildman–Crippen LogP) is 17.0. The van der Waals surface area contributed by atoms with Gasteiger partial charge in [-0.2, -0.15) is 0 Å². The molecule has 1 aromatic heterocycles. The van der Waals surface area contributed by atoms with Crippen molar-refractivity contribution in [3.8, 4) is 55.6 Å². The fourth-order valence-corrected chi connectivity index (χ4v) is 11.0. The van der Waals surface area contributed by atoms with Crippen molar-refractivity contribution < 1.29 is 0 Å². The number of benzene rings is 12. The molecular formula is C58H34S. The first-order valence-corrected chi connectivity index (χ1v) is 21.3. The molecule has 0 radical (unpaired) electrons. The molecule has 13 rings (SSSR count). The van der Waals surface area contributed by atoms with E-state index >= 15 is 0 Å². The van der Waals surface area contributed by atoms with E-state index in [0.717, 1.165) is 0 Å². The summed E-state index contributed by atoms with van der Waals surface area (Å²) in [6.07, 6.45) is 0. The lowest BCUT2D eigenvalue weighted by molar-refractivity contribution is 1.58. The van der Waals surface area contributed by atoms with Crippen molar-refractivity contribution in [2.24, 2.45) is 0 Å². The SMILES string of the molecule is c1cc(-c2ccc(-c3cccc(-c4ccc5ccc6c(-c7csc8ccccc78)ccc7ccc4c5c76)c3)cc2)cc(-c2ccc3ccc4cccc5ccc2c3c45)c1. The smallest absolute Gasteiger partial charge is 0.0349 e. The third-order valence-corrected chi connectivity index (χ3v) is 13.8. The molecule has 0 fully saturated rings. The monoisotopic (exact) mass is 762 g/mol. The first kappa shape index (κ1) is 32.7. The van der Waals surface area contributed by atoms with Gasteiger partial charge in [-0.15, -0.1) is 11.3 Å². The maximum absolute atomic E-state index is 2.36. The molecule has 59 heavy (non-hydrogen) atoms. The summed E-state index contributed by atoms with van der Waals surface area (Å²) in [5.41, 5.74) is 12.5. The molecule has 0 saturated carbocycles. The quantitative estimate of drug-likeness (QED) is 0.153. The molecule has 1 heteroatoms. The second-order valence-corrected chi connectivity index (χ2v) is 16.9. The molecule has 0 atom stereocenters. The van der Waals surface area contributed by atoms with E-state index in [9.17, 15) is 0 Å². The van der Waals surface area contributed by atoms with Gasteiger partial charge < -0.3 is 0 Å². The first-order valence-electron chi connectivity index (χ1n) is 20.4. The molecule has 0 N–H and O–H groups in total. The average Bonchev–Trinajstić information content (AvgIpc) is 3.74. The van der Waals surface area contributed by atoms with E-state index in [2.05, 4.69) is 206 Å². The molecule has 0 spiro atoms. The number of hydrogen-bond acceptors (Lipinski definition) is 1. The van der Waals surface area contributed by atoms with E-state index in [4.69, 9.17) is 0 Å². The van der Waals surface area contributed by atoms with Crippen molar-refractivity contribution in [1.29, 1.82) is 0 Å². The fraction of sp³-hybridized carbons (Fsp3) is 0. The number of thiophene rings is 1. The lowest BCUT2D eigenvalue weighted by Crippen LogP contribution is -1.89. The van der Waals surface area contributed by atoms with Crippen LogP contribution in [0, 0.1) is 0 Å². The Labute approximate surface area is 345 Å². The number of rotatable bonds is 5. The third kappa shape index (κ3) is 4.96. The Bertz CT molecular complexity index is 3760. The normalized spacial score (nSPS) is 12.1. The van der Waals surface area contributed by atoms with Crippen molar-refractivity contribution in [3.63, 3.8) is 0 Å². The average molecular weight is 763 g/mol. The van der Waals surface area contributed by atoms with E-state index in [1.165, 1.54) is 130 Å². The van der Waals surface area contributed by atoms with E-state index in [0.29, 0.717) is 0 Å². The summed E-state index contributed by atoms with van der Waals surface area (Å²) in [6.45, 7) is 0. The van der Waals surface area contributed by atoms with Crippen LogP contribution in [0.15, 0.2) is 206 Å². The molecule has 0 amide bonds. The summed E-state index contributed by atoms with van der Waals surface area (Å²) in [7, 11) is 0. The molecule has 0 saturated heterocycles. The van der Waals surface area contributed by atoms with Crippen LogP contribution in [0.1, 0.15) is 0 Å². The molecular weight excluding hydrogens is 729 g/mol. The van der Waals surface area contributed by atoms with Crippen molar-refractivity contribution in [1.82, 2.24) is 0 Å². The lowest BCUT2D eigenvalue weighted by atomic mass is 9.87. The van der Waals surface area contributed by atoms with Crippen molar-refractivity contribution in [2.75, 3.05) is 0 Å². The molecule has 0 unspecified atom stereocenters. The molecule has 0 aliphatic heterocycles. The summed E-state index contributed by atoms with van der Waals surface area (Å²) < 4.78 is 1.33. The first-order chi connectivity index (χ1) is 29.2. The van der Waals surface area contributed by atoms with Crippen LogP contribution in [-0.4, -0.2) is 0 Å². The van der Waals surface area contributed by atoms with Gasteiger partial charge in [-0.05, 0) is 138 Å². The summed E-state index contributed by atoms with van der Waals surface area (Å²) in [5.74, 6) is 0. The Morgan fingerprint density at radius 3 is 1.24 bits per heavy atom. The molecule has 13 aromatic rings. The fourth-order valence-electron chi connectivity index (χ4n) is 10.0. The molecule has 0 aliphatic rings. The van der Waals surface area contributed by atoms with Crippen molar-refractivity contribution in [2.45, 2.75) is 0 Å². The van der Waals surface area contributed by atoms with E-state index in [1.807, 2.05) is 11.3 Å². The Hall–Kier alpha value is -7.32. The van der Waals surface area contributed by atoms with Crippen LogP contribution < -0.4 is 0 Å². The molecule has 1 heterocycles. The number of hydrogen-bond donors (Lipinski definition) is 0.